The Labute approximate surface area is 163 Å². The molecule has 1 amide bonds. The summed E-state index contributed by atoms with van der Waals surface area (Å²) in [5.74, 6) is -0.452. The van der Waals surface area contributed by atoms with Gasteiger partial charge in [-0.3, -0.25) is 9.69 Å². The Morgan fingerprint density at radius 2 is 1.57 bits per heavy atom. The molecule has 0 radical (unpaired) electrons. The molecule has 1 N–H and O–H groups in total. The fraction of sp³-hybridized carbons (Fsp3) is 0.130. The lowest BCUT2D eigenvalue weighted by Gasteiger charge is -2.27. The number of fused-ring (bicyclic) bond motifs is 1. The van der Waals surface area contributed by atoms with Crippen LogP contribution in [0.1, 0.15) is 22.8 Å². The first-order chi connectivity index (χ1) is 13.5. The Morgan fingerprint density at radius 3 is 2.25 bits per heavy atom. The molecule has 0 aliphatic carbocycles. The van der Waals surface area contributed by atoms with Crippen LogP contribution in [0.2, 0.25) is 0 Å². The lowest BCUT2D eigenvalue weighted by atomic mass is 9.93. The van der Waals surface area contributed by atoms with Crippen molar-refractivity contribution in [1.29, 1.82) is 0 Å². The maximum absolute atomic E-state index is 13.5. The van der Waals surface area contributed by atoms with Crippen LogP contribution in [0.3, 0.4) is 0 Å². The van der Waals surface area contributed by atoms with Gasteiger partial charge in [-0.1, -0.05) is 36.4 Å². The SMILES string of the molecule is COC(=O)c1ccc(NC2(C)C(=O)N(c3ccccc3)c3ccccc32)cc1. The molecule has 0 saturated carbocycles. The first kappa shape index (κ1) is 17.8. The molecule has 1 atom stereocenters. The molecule has 0 aromatic heterocycles. The highest BCUT2D eigenvalue weighted by Gasteiger charge is 2.48. The Hall–Kier alpha value is -3.60. The van der Waals surface area contributed by atoms with Gasteiger partial charge in [-0.05, 0) is 49.4 Å². The molecular weight excluding hydrogens is 352 g/mol. The first-order valence-electron chi connectivity index (χ1n) is 9.00. The summed E-state index contributed by atoms with van der Waals surface area (Å²) in [6.07, 6.45) is 0. The van der Waals surface area contributed by atoms with Crippen molar-refractivity contribution in [3.05, 3.63) is 90.0 Å². The molecular formula is C23H20N2O3. The number of hydrogen-bond acceptors (Lipinski definition) is 4. The van der Waals surface area contributed by atoms with E-state index in [-0.39, 0.29) is 5.91 Å². The summed E-state index contributed by atoms with van der Waals surface area (Å²) in [5, 5.41) is 3.36. The van der Waals surface area contributed by atoms with E-state index in [0.717, 1.165) is 22.6 Å². The maximum atomic E-state index is 13.5. The highest BCUT2D eigenvalue weighted by Crippen LogP contribution is 2.45. The number of esters is 1. The predicted octanol–water partition coefficient (Wildman–Crippen LogP) is 4.48. The highest BCUT2D eigenvalue weighted by molar-refractivity contribution is 6.13. The summed E-state index contributed by atoms with van der Waals surface area (Å²) in [5.41, 5.74) is 2.86. The molecule has 0 fully saturated rings. The van der Waals surface area contributed by atoms with Gasteiger partial charge in [0.1, 0.15) is 5.54 Å². The van der Waals surface area contributed by atoms with Crippen molar-refractivity contribution in [2.45, 2.75) is 12.5 Å². The average molecular weight is 372 g/mol. The van der Waals surface area contributed by atoms with Gasteiger partial charge in [0, 0.05) is 16.9 Å². The second-order valence-electron chi connectivity index (χ2n) is 6.81. The maximum Gasteiger partial charge on any atom is 0.337 e. The van der Waals surface area contributed by atoms with Gasteiger partial charge in [0.2, 0.25) is 0 Å². The second kappa shape index (κ2) is 6.85. The van der Waals surface area contributed by atoms with Crippen molar-refractivity contribution in [1.82, 2.24) is 0 Å². The zero-order valence-corrected chi connectivity index (χ0v) is 15.7. The van der Waals surface area contributed by atoms with Gasteiger partial charge in [-0.25, -0.2) is 4.79 Å². The van der Waals surface area contributed by atoms with Crippen molar-refractivity contribution < 1.29 is 14.3 Å². The molecule has 0 bridgehead atoms. The van der Waals surface area contributed by atoms with Crippen LogP contribution in [0.5, 0.6) is 0 Å². The second-order valence-corrected chi connectivity index (χ2v) is 6.81. The fourth-order valence-corrected chi connectivity index (χ4v) is 3.59. The van der Waals surface area contributed by atoms with E-state index in [9.17, 15) is 9.59 Å². The van der Waals surface area contributed by atoms with E-state index in [1.807, 2.05) is 61.5 Å². The molecule has 1 heterocycles. The van der Waals surface area contributed by atoms with Gasteiger partial charge in [0.15, 0.2) is 0 Å². The van der Waals surface area contributed by atoms with Crippen molar-refractivity contribution in [2.24, 2.45) is 0 Å². The number of carbonyl (C=O) groups is 2. The van der Waals surface area contributed by atoms with Crippen LogP contribution in [0.15, 0.2) is 78.9 Å². The molecule has 140 valence electrons. The highest BCUT2D eigenvalue weighted by atomic mass is 16.5. The van der Waals surface area contributed by atoms with Gasteiger partial charge in [0.25, 0.3) is 5.91 Å². The minimum Gasteiger partial charge on any atom is -0.465 e. The number of anilines is 3. The van der Waals surface area contributed by atoms with Gasteiger partial charge in [-0.15, -0.1) is 0 Å². The van der Waals surface area contributed by atoms with Crippen LogP contribution in [-0.4, -0.2) is 19.0 Å². The minimum absolute atomic E-state index is 0.0584. The number of rotatable bonds is 4. The first-order valence-corrected chi connectivity index (χ1v) is 9.00. The van der Waals surface area contributed by atoms with Gasteiger partial charge >= 0.3 is 5.97 Å². The number of amides is 1. The summed E-state index contributed by atoms with van der Waals surface area (Å²) in [6.45, 7) is 1.88. The van der Waals surface area contributed by atoms with E-state index in [0.29, 0.717) is 5.56 Å². The smallest absolute Gasteiger partial charge is 0.337 e. The molecule has 3 aromatic rings. The summed E-state index contributed by atoms with van der Waals surface area (Å²) >= 11 is 0. The molecule has 0 saturated heterocycles. The Kier molecular flexibility index (Phi) is 4.35. The molecule has 1 aliphatic rings. The zero-order chi connectivity index (χ0) is 19.7. The van der Waals surface area contributed by atoms with Crippen molar-refractivity contribution in [3.63, 3.8) is 0 Å². The number of ether oxygens (including phenoxy) is 1. The number of hydrogen-bond donors (Lipinski definition) is 1. The topological polar surface area (TPSA) is 58.6 Å². The molecule has 28 heavy (non-hydrogen) atoms. The Bertz CT molecular complexity index is 1030. The third-order valence-electron chi connectivity index (χ3n) is 5.03. The standard InChI is InChI=1S/C23H20N2O3/c1-23(24-17-14-12-16(13-15-17)21(26)28-2)19-10-6-7-11-20(19)25(22(23)27)18-8-4-3-5-9-18/h3-15,24H,1-2H3. The molecule has 5 nitrogen and oxygen atoms in total. The lowest BCUT2D eigenvalue weighted by Crippen LogP contribution is -2.42. The molecule has 4 rings (SSSR count). The van der Waals surface area contributed by atoms with Gasteiger partial charge in [-0.2, -0.15) is 0 Å². The van der Waals surface area contributed by atoms with E-state index in [2.05, 4.69) is 5.32 Å². The number of nitrogens with zero attached hydrogens (tertiary/aromatic N) is 1. The largest absolute Gasteiger partial charge is 0.465 e. The summed E-state index contributed by atoms with van der Waals surface area (Å²) in [6, 6.07) is 24.3. The van der Waals surface area contributed by atoms with Crippen LogP contribution in [-0.2, 0) is 15.1 Å². The quantitative estimate of drug-likeness (QED) is 0.686. The molecule has 3 aromatic carbocycles. The summed E-state index contributed by atoms with van der Waals surface area (Å²) in [7, 11) is 1.35. The van der Waals surface area contributed by atoms with Crippen LogP contribution < -0.4 is 10.2 Å². The van der Waals surface area contributed by atoms with Crippen LogP contribution in [0.4, 0.5) is 17.1 Å². The Balaban J connectivity index is 1.72. The average Bonchev–Trinajstić information content (AvgIpc) is 2.96. The summed E-state index contributed by atoms with van der Waals surface area (Å²) in [4.78, 5) is 26.9. The summed E-state index contributed by atoms with van der Waals surface area (Å²) < 4.78 is 4.74. The number of methoxy groups -OCH3 is 1. The fourth-order valence-electron chi connectivity index (χ4n) is 3.59. The van der Waals surface area contributed by atoms with E-state index in [1.54, 1.807) is 29.2 Å². The molecule has 0 spiro atoms. The van der Waals surface area contributed by atoms with E-state index < -0.39 is 11.5 Å². The lowest BCUT2D eigenvalue weighted by molar-refractivity contribution is -0.121. The van der Waals surface area contributed by atoms with Crippen molar-refractivity contribution in [2.75, 3.05) is 17.3 Å². The third kappa shape index (κ3) is 2.81. The van der Waals surface area contributed by atoms with Gasteiger partial charge < -0.3 is 10.1 Å². The minimum atomic E-state index is -0.931. The normalized spacial score (nSPS) is 17.9. The van der Waals surface area contributed by atoms with E-state index in [4.69, 9.17) is 4.74 Å². The third-order valence-corrected chi connectivity index (χ3v) is 5.03. The van der Waals surface area contributed by atoms with E-state index >= 15 is 0 Å². The van der Waals surface area contributed by atoms with E-state index in [1.165, 1.54) is 7.11 Å². The van der Waals surface area contributed by atoms with Crippen molar-refractivity contribution >= 4 is 28.9 Å². The monoisotopic (exact) mass is 372 g/mol. The molecule has 1 aliphatic heterocycles. The number of benzene rings is 3. The van der Waals surface area contributed by atoms with Crippen molar-refractivity contribution in [3.8, 4) is 0 Å². The van der Waals surface area contributed by atoms with Gasteiger partial charge in [0.05, 0.1) is 18.4 Å². The van der Waals surface area contributed by atoms with Crippen LogP contribution >= 0.6 is 0 Å². The number of para-hydroxylation sites is 2. The molecule has 5 heteroatoms. The van der Waals surface area contributed by atoms with Crippen LogP contribution in [0, 0.1) is 0 Å². The molecule has 1 unspecified atom stereocenters. The zero-order valence-electron chi connectivity index (χ0n) is 15.7. The number of carbonyl (C=O) groups excluding carboxylic acids is 2. The number of nitrogens with one attached hydrogen (secondary N) is 1. The van der Waals surface area contributed by atoms with Crippen LogP contribution in [0.25, 0.3) is 0 Å². The Morgan fingerprint density at radius 1 is 0.929 bits per heavy atom. The predicted molar refractivity (Wildman–Crippen MR) is 109 cm³/mol.